The van der Waals surface area contributed by atoms with E-state index in [9.17, 15) is 9.59 Å². The molecule has 4 heteroatoms. The molecule has 0 N–H and O–H groups in total. The van der Waals surface area contributed by atoms with Crippen molar-refractivity contribution in [1.29, 1.82) is 0 Å². The minimum atomic E-state index is -0.190. The van der Waals surface area contributed by atoms with E-state index in [-0.39, 0.29) is 24.4 Å². The lowest BCUT2D eigenvalue weighted by molar-refractivity contribution is -0.119. The fourth-order valence-electron chi connectivity index (χ4n) is 1.38. The first-order valence-corrected chi connectivity index (χ1v) is 5.35. The smallest absolute Gasteiger partial charge is 0.170 e. The third-order valence-corrected chi connectivity index (χ3v) is 2.33. The van der Waals surface area contributed by atoms with Crippen molar-refractivity contribution in [3.8, 4) is 5.75 Å². The van der Waals surface area contributed by atoms with E-state index in [0.29, 0.717) is 17.9 Å². The Bertz CT molecular complexity index is 398. The van der Waals surface area contributed by atoms with E-state index in [2.05, 4.69) is 0 Å². The normalized spacial score (nSPS) is 10.0. The van der Waals surface area contributed by atoms with Crippen LogP contribution in [0.1, 0.15) is 23.2 Å². The van der Waals surface area contributed by atoms with Gasteiger partial charge in [-0.2, -0.15) is 0 Å². The molecule has 0 atom stereocenters. The monoisotopic (exact) mass is 236 g/mol. The quantitative estimate of drug-likeness (QED) is 0.535. The summed E-state index contributed by atoms with van der Waals surface area (Å²) < 4.78 is 9.80. The molecule has 0 fully saturated rings. The van der Waals surface area contributed by atoms with Gasteiger partial charge in [-0.3, -0.25) is 9.59 Å². The van der Waals surface area contributed by atoms with Gasteiger partial charge >= 0.3 is 0 Å². The molecular formula is C13H16O4. The number of carbonyl (C=O) groups is 2. The first-order chi connectivity index (χ1) is 8.17. The van der Waals surface area contributed by atoms with Gasteiger partial charge in [0.1, 0.15) is 11.5 Å². The summed E-state index contributed by atoms with van der Waals surface area (Å²) in [5.41, 5.74) is 0.495. The predicted molar refractivity (Wildman–Crippen MR) is 63.4 cm³/mol. The Morgan fingerprint density at radius 1 is 1.24 bits per heavy atom. The summed E-state index contributed by atoms with van der Waals surface area (Å²) >= 11 is 0. The maximum Gasteiger partial charge on any atom is 0.170 e. The van der Waals surface area contributed by atoms with Crippen molar-refractivity contribution in [2.75, 3.05) is 20.8 Å². The zero-order valence-corrected chi connectivity index (χ0v) is 10.1. The molecule has 0 aliphatic carbocycles. The SMILES string of the molecule is COCCC(=O)CC(=O)c1cccc(OC)c1. The molecule has 92 valence electrons. The lowest BCUT2D eigenvalue weighted by Gasteiger charge is -2.03. The molecule has 1 aromatic carbocycles. The van der Waals surface area contributed by atoms with Gasteiger partial charge in [-0.1, -0.05) is 12.1 Å². The number of rotatable bonds is 7. The molecular weight excluding hydrogens is 220 g/mol. The van der Waals surface area contributed by atoms with Crippen molar-refractivity contribution in [3.63, 3.8) is 0 Å². The minimum Gasteiger partial charge on any atom is -0.497 e. The Balaban J connectivity index is 2.60. The number of hydrogen-bond donors (Lipinski definition) is 0. The van der Waals surface area contributed by atoms with Gasteiger partial charge in [0.05, 0.1) is 20.1 Å². The summed E-state index contributed by atoms with van der Waals surface area (Å²) in [4.78, 5) is 23.2. The Morgan fingerprint density at radius 2 is 2.00 bits per heavy atom. The first-order valence-electron chi connectivity index (χ1n) is 5.35. The summed E-state index contributed by atoms with van der Waals surface area (Å²) in [5.74, 6) is 0.310. The van der Waals surface area contributed by atoms with E-state index < -0.39 is 0 Å². The van der Waals surface area contributed by atoms with Gasteiger partial charge in [0.2, 0.25) is 0 Å². The molecule has 0 saturated heterocycles. The van der Waals surface area contributed by atoms with Crippen LogP contribution in [0.25, 0.3) is 0 Å². The summed E-state index contributed by atoms with van der Waals surface area (Å²) in [5, 5.41) is 0. The molecule has 1 aromatic rings. The highest BCUT2D eigenvalue weighted by Gasteiger charge is 2.12. The third-order valence-electron chi connectivity index (χ3n) is 2.33. The average molecular weight is 236 g/mol. The summed E-state index contributed by atoms with van der Waals surface area (Å²) in [6.45, 7) is 0.351. The zero-order valence-electron chi connectivity index (χ0n) is 10.1. The van der Waals surface area contributed by atoms with Crippen LogP contribution in [0.3, 0.4) is 0 Å². The molecule has 0 amide bonds. The van der Waals surface area contributed by atoms with Gasteiger partial charge in [0.25, 0.3) is 0 Å². The molecule has 0 aliphatic heterocycles. The van der Waals surface area contributed by atoms with Gasteiger partial charge in [0.15, 0.2) is 5.78 Å². The Labute approximate surface area is 101 Å². The van der Waals surface area contributed by atoms with Crippen molar-refractivity contribution in [3.05, 3.63) is 29.8 Å². The van der Waals surface area contributed by atoms with Crippen LogP contribution in [-0.4, -0.2) is 32.4 Å². The van der Waals surface area contributed by atoms with E-state index in [1.165, 1.54) is 14.2 Å². The van der Waals surface area contributed by atoms with Gasteiger partial charge < -0.3 is 9.47 Å². The summed E-state index contributed by atoms with van der Waals surface area (Å²) in [7, 11) is 3.06. The number of hydrogen-bond acceptors (Lipinski definition) is 4. The third kappa shape index (κ3) is 4.36. The Hall–Kier alpha value is -1.68. The minimum absolute atomic E-state index is 0.0868. The zero-order chi connectivity index (χ0) is 12.7. The highest BCUT2D eigenvalue weighted by molar-refractivity contribution is 6.08. The second-order valence-electron chi connectivity index (χ2n) is 3.61. The van der Waals surface area contributed by atoms with E-state index in [0.717, 1.165) is 0 Å². The molecule has 0 heterocycles. The van der Waals surface area contributed by atoms with Crippen LogP contribution in [0.15, 0.2) is 24.3 Å². The van der Waals surface area contributed by atoms with E-state index in [1.54, 1.807) is 24.3 Å². The predicted octanol–water partition coefficient (Wildman–Crippen LogP) is 1.87. The molecule has 0 aromatic heterocycles. The fourth-order valence-corrected chi connectivity index (χ4v) is 1.38. The number of ether oxygens (including phenoxy) is 2. The number of Topliss-reactive ketones (excluding diaryl/α,β-unsaturated/α-hetero) is 2. The standard InChI is InChI=1S/C13H16O4/c1-16-7-6-11(14)9-13(15)10-4-3-5-12(8-10)17-2/h3-5,8H,6-7,9H2,1-2H3. The molecule has 0 saturated carbocycles. The van der Waals surface area contributed by atoms with Crippen LogP contribution in [0, 0.1) is 0 Å². The van der Waals surface area contributed by atoms with Gasteiger partial charge in [-0.05, 0) is 12.1 Å². The maximum atomic E-state index is 11.8. The van der Waals surface area contributed by atoms with E-state index in [4.69, 9.17) is 9.47 Å². The van der Waals surface area contributed by atoms with Crippen molar-refractivity contribution in [1.82, 2.24) is 0 Å². The molecule has 0 unspecified atom stereocenters. The van der Waals surface area contributed by atoms with Crippen LogP contribution in [0.2, 0.25) is 0 Å². The lowest BCUT2D eigenvalue weighted by atomic mass is 10.0. The number of methoxy groups -OCH3 is 2. The van der Waals surface area contributed by atoms with Crippen molar-refractivity contribution in [2.24, 2.45) is 0 Å². The van der Waals surface area contributed by atoms with Gasteiger partial charge in [0, 0.05) is 19.1 Å². The molecule has 0 spiro atoms. The Kier molecular flexibility index (Phi) is 5.36. The second-order valence-corrected chi connectivity index (χ2v) is 3.61. The van der Waals surface area contributed by atoms with E-state index >= 15 is 0 Å². The second kappa shape index (κ2) is 6.81. The lowest BCUT2D eigenvalue weighted by Crippen LogP contribution is -2.10. The number of benzene rings is 1. The van der Waals surface area contributed by atoms with Crippen molar-refractivity contribution in [2.45, 2.75) is 12.8 Å². The van der Waals surface area contributed by atoms with Gasteiger partial charge in [-0.15, -0.1) is 0 Å². The molecule has 0 radical (unpaired) electrons. The van der Waals surface area contributed by atoms with Crippen LogP contribution >= 0.6 is 0 Å². The highest BCUT2D eigenvalue weighted by atomic mass is 16.5. The average Bonchev–Trinajstić information content (AvgIpc) is 2.36. The summed E-state index contributed by atoms with van der Waals surface area (Å²) in [6.07, 6.45) is 0.183. The van der Waals surface area contributed by atoms with Crippen molar-refractivity contribution < 1.29 is 19.1 Å². The number of carbonyl (C=O) groups excluding carboxylic acids is 2. The number of ketones is 2. The molecule has 0 bridgehead atoms. The topological polar surface area (TPSA) is 52.6 Å². The fraction of sp³-hybridized carbons (Fsp3) is 0.385. The molecule has 4 nitrogen and oxygen atoms in total. The van der Waals surface area contributed by atoms with Crippen molar-refractivity contribution >= 4 is 11.6 Å². The van der Waals surface area contributed by atoms with Crippen LogP contribution in [-0.2, 0) is 9.53 Å². The highest BCUT2D eigenvalue weighted by Crippen LogP contribution is 2.14. The first kappa shape index (κ1) is 13.4. The molecule has 17 heavy (non-hydrogen) atoms. The van der Waals surface area contributed by atoms with Crippen LogP contribution in [0.5, 0.6) is 5.75 Å². The maximum absolute atomic E-state index is 11.8. The largest absolute Gasteiger partial charge is 0.497 e. The van der Waals surface area contributed by atoms with Crippen LogP contribution < -0.4 is 4.74 Å². The van der Waals surface area contributed by atoms with Crippen LogP contribution in [0.4, 0.5) is 0 Å². The summed E-state index contributed by atoms with van der Waals surface area (Å²) in [6, 6.07) is 6.79. The van der Waals surface area contributed by atoms with Gasteiger partial charge in [-0.25, -0.2) is 0 Å². The molecule has 0 aliphatic rings. The Morgan fingerprint density at radius 3 is 2.65 bits per heavy atom. The molecule has 1 rings (SSSR count). The van der Waals surface area contributed by atoms with E-state index in [1.807, 2.05) is 0 Å².